The average Bonchev–Trinajstić information content (AvgIpc) is 2.73. The molecule has 2 aromatic heterocycles. The number of aryl methyl sites for hydroxylation is 2. The molecule has 6 heteroatoms. The SMILES string of the molecule is C=C(Oc1cc(=O)oc2ccc(CC)cc12)c1c(O)c2cc(CC)ccc2oc1=O. The van der Waals surface area contributed by atoms with Crippen LogP contribution < -0.4 is 16.0 Å². The molecule has 6 nitrogen and oxygen atoms in total. The zero-order valence-electron chi connectivity index (χ0n) is 16.7. The van der Waals surface area contributed by atoms with Gasteiger partial charge in [-0.3, -0.25) is 0 Å². The second-order valence-electron chi connectivity index (χ2n) is 6.94. The summed E-state index contributed by atoms with van der Waals surface area (Å²) in [6, 6.07) is 11.8. The van der Waals surface area contributed by atoms with Gasteiger partial charge in [0.2, 0.25) is 0 Å². The number of aromatic hydroxyl groups is 1. The molecule has 2 aromatic carbocycles. The van der Waals surface area contributed by atoms with Gasteiger partial charge in [0.25, 0.3) is 0 Å². The Kier molecular flexibility index (Phi) is 4.91. The van der Waals surface area contributed by atoms with Crippen molar-refractivity contribution in [2.75, 3.05) is 0 Å². The molecule has 152 valence electrons. The molecule has 1 N–H and O–H groups in total. The summed E-state index contributed by atoms with van der Waals surface area (Å²) in [5.74, 6) is -0.218. The van der Waals surface area contributed by atoms with Crippen LogP contribution in [0.25, 0.3) is 27.7 Å². The largest absolute Gasteiger partial charge is 0.506 e. The van der Waals surface area contributed by atoms with E-state index in [9.17, 15) is 14.7 Å². The quantitative estimate of drug-likeness (QED) is 0.380. The zero-order valence-corrected chi connectivity index (χ0v) is 16.7. The molecule has 30 heavy (non-hydrogen) atoms. The lowest BCUT2D eigenvalue weighted by atomic mass is 10.1. The van der Waals surface area contributed by atoms with E-state index in [1.165, 1.54) is 6.07 Å². The Morgan fingerprint density at radius 1 is 0.933 bits per heavy atom. The zero-order chi connectivity index (χ0) is 21.4. The van der Waals surface area contributed by atoms with Crippen LogP contribution in [-0.2, 0) is 12.8 Å². The molecule has 0 atom stereocenters. The van der Waals surface area contributed by atoms with Crippen molar-refractivity contribution in [3.63, 3.8) is 0 Å². The third-order valence-electron chi connectivity index (χ3n) is 5.04. The monoisotopic (exact) mass is 404 g/mol. The number of rotatable bonds is 5. The van der Waals surface area contributed by atoms with Gasteiger partial charge in [-0.25, -0.2) is 9.59 Å². The van der Waals surface area contributed by atoms with E-state index in [1.807, 2.05) is 32.0 Å². The first-order valence-electron chi connectivity index (χ1n) is 9.63. The summed E-state index contributed by atoms with van der Waals surface area (Å²) < 4.78 is 16.4. The Morgan fingerprint density at radius 3 is 2.17 bits per heavy atom. The molecule has 0 aliphatic rings. The maximum absolute atomic E-state index is 12.5. The minimum absolute atomic E-state index is 0.126. The highest BCUT2D eigenvalue weighted by Crippen LogP contribution is 2.33. The molecule has 0 unspecified atom stereocenters. The van der Waals surface area contributed by atoms with Crippen LogP contribution in [0.15, 0.2) is 67.5 Å². The first-order valence-corrected chi connectivity index (χ1v) is 9.63. The van der Waals surface area contributed by atoms with Crippen molar-refractivity contribution in [2.24, 2.45) is 0 Å². The smallest absolute Gasteiger partial charge is 0.351 e. The van der Waals surface area contributed by atoms with Crippen molar-refractivity contribution < 1.29 is 18.7 Å². The Hall–Kier alpha value is -3.80. The fourth-order valence-corrected chi connectivity index (χ4v) is 3.37. The summed E-state index contributed by atoms with van der Waals surface area (Å²) in [5.41, 5.74) is 1.04. The van der Waals surface area contributed by atoms with Gasteiger partial charge in [0.1, 0.15) is 34.0 Å². The van der Waals surface area contributed by atoms with Gasteiger partial charge in [-0.15, -0.1) is 0 Å². The fourth-order valence-electron chi connectivity index (χ4n) is 3.37. The third-order valence-corrected chi connectivity index (χ3v) is 5.04. The van der Waals surface area contributed by atoms with E-state index in [0.717, 1.165) is 24.0 Å². The van der Waals surface area contributed by atoms with Crippen molar-refractivity contribution in [3.8, 4) is 11.5 Å². The topological polar surface area (TPSA) is 89.9 Å². The van der Waals surface area contributed by atoms with Crippen molar-refractivity contribution in [3.05, 3.63) is 86.6 Å². The van der Waals surface area contributed by atoms with E-state index in [0.29, 0.717) is 16.4 Å². The normalized spacial score (nSPS) is 11.1. The Bertz CT molecular complexity index is 1410. The summed E-state index contributed by atoms with van der Waals surface area (Å²) in [5, 5.41) is 11.7. The van der Waals surface area contributed by atoms with Gasteiger partial charge < -0.3 is 18.7 Å². The van der Waals surface area contributed by atoms with Crippen LogP contribution in [0.1, 0.15) is 30.5 Å². The van der Waals surface area contributed by atoms with Crippen LogP contribution in [0.2, 0.25) is 0 Å². The molecule has 0 saturated carbocycles. The highest BCUT2D eigenvalue weighted by molar-refractivity contribution is 5.89. The van der Waals surface area contributed by atoms with Gasteiger partial charge in [-0.1, -0.05) is 32.6 Å². The van der Waals surface area contributed by atoms with Crippen LogP contribution in [0.3, 0.4) is 0 Å². The van der Waals surface area contributed by atoms with Crippen LogP contribution >= 0.6 is 0 Å². The van der Waals surface area contributed by atoms with E-state index in [2.05, 4.69) is 6.58 Å². The first-order chi connectivity index (χ1) is 14.4. The molecule has 0 spiro atoms. The van der Waals surface area contributed by atoms with Crippen LogP contribution in [0, 0.1) is 0 Å². The molecule has 0 amide bonds. The standard InChI is InChI=1S/C24H20O6/c1-4-14-6-8-18-16(10-14)20(12-21(25)29-18)28-13(3)22-23(26)17-11-15(5-2)7-9-19(17)30-24(22)27/h6-12,26H,3-5H2,1-2H3. The average molecular weight is 404 g/mol. The molecule has 0 aliphatic carbocycles. The highest BCUT2D eigenvalue weighted by atomic mass is 16.5. The summed E-state index contributed by atoms with van der Waals surface area (Å²) in [4.78, 5) is 24.5. The maximum atomic E-state index is 12.5. The van der Waals surface area contributed by atoms with Gasteiger partial charge in [-0.05, 0) is 48.2 Å². The van der Waals surface area contributed by atoms with Crippen molar-refractivity contribution in [1.82, 2.24) is 0 Å². The minimum atomic E-state index is -0.782. The van der Waals surface area contributed by atoms with Crippen LogP contribution in [0.4, 0.5) is 0 Å². The lowest BCUT2D eigenvalue weighted by Gasteiger charge is -2.12. The molecule has 0 bridgehead atoms. The second-order valence-corrected chi connectivity index (χ2v) is 6.94. The van der Waals surface area contributed by atoms with E-state index in [1.54, 1.807) is 18.2 Å². The number of ether oxygens (including phenoxy) is 1. The summed E-state index contributed by atoms with van der Waals surface area (Å²) in [7, 11) is 0. The van der Waals surface area contributed by atoms with Crippen LogP contribution in [-0.4, -0.2) is 5.11 Å². The third kappa shape index (κ3) is 3.37. The minimum Gasteiger partial charge on any atom is -0.506 e. The van der Waals surface area contributed by atoms with E-state index in [-0.39, 0.29) is 28.4 Å². The van der Waals surface area contributed by atoms with Crippen molar-refractivity contribution in [1.29, 1.82) is 0 Å². The number of hydrogen-bond acceptors (Lipinski definition) is 6. The van der Waals surface area contributed by atoms with Gasteiger partial charge >= 0.3 is 11.3 Å². The highest BCUT2D eigenvalue weighted by Gasteiger charge is 2.20. The van der Waals surface area contributed by atoms with E-state index < -0.39 is 11.3 Å². The Morgan fingerprint density at radius 2 is 1.53 bits per heavy atom. The number of benzene rings is 2. The van der Waals surface area contributed by atoms with Crippen molar-refractivity contribution >= 4 is 27.7 Å². The molecule has 4 rings (SSSR count). The first kappa shape index (κ1) is 19.5. The van der Waals surface area contributed by atoms with Gasteiger partial charge in [-0.2, -0.15) is 0 Å². The molecule has 0 saturated heterocycles. The lowest BCUT2D eigenvalue weighted by Crippen LogP contribution is -2.11. The molecule has 0 radical (unpaired) electrons. The molecular weight excluding hydrogens is 384 g/mol. The molecular formula is C24H20O6. The Balaban J connectivity index is 1.84. The molecule has 4 aromatic rings. The summed E-state index contributed by atoms with van der Waals surface area (Å²) in [6.07, 6.45) is 1.54. The Labute approximate surface area is 171 Å². The predicted molar refractivity (Wildman–Crippen MR) is 115 cm³/mol. The predicted octanol–water partition coefficient (Wildman–Crippen LogP) is 4.78. The fraction of sp³-hybridized carbons (Fsp3) is 0.167. The molecule has 0 aliphatic heterocycles. The number of fused-ring (bicyclic) bond motifs is 2. The summed E-state index contributed by atoms with van der Waals surface area (Å²) >= 11 is 0. The maximum Gasteiger partial charge on any atom is 0.351 e. The molecule has 0 fully saturated rings. The lowest BCUT2D eigenvalue weighted by molar-refractivity contribution is 0.450. The van der Waals surface area contributed by atoms with E-state index in [4.69, 9.17) is 13.6 Å². The van der Waals surface area contributed by atoms with Gasteiger partial charge in [0.05, 0.1) is 16.8 Å². The number of hydrogen-bond donors (Lipinski definition) is 1. The van der Waals surface area contributed by atoms with Gasteiger partial charge in [0.15, 0.2) is 0 Å². The van der Waals surface area contributed by atoms with E-state index >= 15 is 0 Å². The van der Waals surface area contributed by atoms with Crippen molar-refractivity contribution in [2.45, 2.75) is 26.7 Å². The second kappa shape index (κ2) is 7.55. The van der Waals surface area contributed by atoms with Gasteiger partial charge in [0, 0.05) is 0 Å². The summed E-state index contributed by atoms with van der Waals surface area (Å²) in [6.45, 7) is 7.78. The van der Waals surface area contributed by atoms with Crippen LogP contribution in [0.5, 0.6) is 11.5 Å². The molecule has 2 heterocycles.